The van der Waals surface area contributed by atoms with E-state index in [0.29, 0.717) is 31.8 Å². The lowest BCUT2D eigenvalue weighted by Gasteiger charge is -2.22. The van der Waals surface area contributed by atoms with Gasteiger partial charge in [-0.1, -0.05) is 6.58 Å². The number of rotatable bonds is 11. The Balaban J connectivity index is 1.45. The second-order valence-corrected chi connectivity index (χ2v) is 12.1. The summed E-state index contributed by atoms with van der Waals surface area (Å²) in [5.41, 5.74) is -0.00351. The van der Waals surface area contributed by atoms with Gasteiger partial charge in [0.25, 0.3) is 0 Å². The second kappa shape index (κ2) is 11.1. The maximum absolute atomic E-state index is 13.0. The summed E-state index contributed by atoms with van der Waals surface area (Å²) in [6.07, 6.45) is 0.710. The van der Waals surface area contributed by atoms with Crippen molar-refractivity contribution >= 4 is 22.0 Å². The third-order valence-electron chi connectivity index (χ3n) is 6.11. The van der Waals surface area contributed by atoms with Gasteiger partial charge in [0.05, 0.1) is 12.8 Å². The van der Waals surface area contributed by atoms with Gasteiger partial charge in [0, 0.05) is 52.3 Å². The summed E-state index contributed by atoms with van der Waals surface area (Å²) in [6.45, 7) is 11.1. The maximum Gasteiger partial charge on any atom is 0.407 e. The molecule has 2 amide bonds. The minimum Gasteiger partial charge on any atom is -0.473 e. The van der Waals surface area contributed by atoms with E-state index in [1.54, 1.807) is 39.8 Å². The number of nitrogens with zero attached hydrogens (tertiary/aromatic N) is 3. The Morgan fingerprint density at radius 1 is 1.25 bits per heavy atom. The first-order chi connectivity index (χ1) is 16.8. The number of pyridine rings is 1. The third-order valence-corrected chi connectivity index (χ3v) is 7.92. The van der Waals surface area contributed by atoms with Gasteiger partial charge in [-0.25, -0.2) is 18.2 Å². The van der Waals surface area contributed by atoms with Crippen LogP contribution >= 0.6 is 0 Å². The fraction of sp³-hybridized carbons (Fsp3) is 0.625. The highest BCUT2D eigenvalue weighted by molar-refractivity contribution is 7.89. The zero-order valence-corrected chi connectivity index (χ0v) is 22.3. The largest absolute Gasteiger partial charge is 0.473 e. The second-order valence-electron chi connectivity index (χ2n) is 10.2. The highest BCUT2D eigenvalue weighted by atomic mass is 32.2. The smallest absolute Gasteiger partial charge is 0.407 e. The quantitative estimate of drug-likeness (QED) is 0.432. The van der Waals surface area contributed by atoms with Crippen LogP contribution in [-0.4, -0.2) is 93.8 Å². The molecular formula is C24H36N4O7S. The van der Waals surface area contributed by atoms with Crippen molar-refractivity contribution in [3.05, 3.63) is 30.5 Å². The number of carbonyl (C=O) groups excluding carboxylic acids is 2. The maximum atomic E-state index is 13.0. The van der Waals surface area contributed by atoms with Gasteiger partial charge in [0.15, 0.2) is 0 Å². The Kier molecular flexibility index (Phi) is 8.63. The van der Waals surface area contributed by atoms with E-state index in [0.717, 1.165) is 0 Å². The van der Waals surface area contributed by atoms with Crippen LogP contribution < -0.4 is 10.1 Å². The molecule has 36 heavy (non-hydrogen) atoms. The molecule has 1 N–H and O–H groups in total. The van der Waals surface area contributed by atoms with Crippen LogP contribution in [0.5, 0.6) is 5.88 Å². The lowest BCUT2D eigenvalue weighted by Crippen LogP contribution is -2.37. The molecule has 11 nitrogen and oxygen atoms in total. The van der Waals surface area contributed by atoms with E-state index in [1.165, 1.54) is 22.6 Å². The molecule has 2 heterocycles. The van der Waals surface area contributed by atoms with Gasteiger partial charge in [0.2, 0.25) is 21.8 Å². The Morgan fingerprint density at radius 3 is 2.47 bits per heavy atom. The highest BCUT2D eigenvalue weighted by Crippen LogP contribution is 2.53. The number of sulfonamides is 1. The van der Waals surface area contributed by atoms with Crippen molar-refractivity contribution in [1.29, 1.82) is 0 Å². The Bertz CT molecular complexity index is 1060. The standard InChI is InChI=1S/C24H36N4O7S/c1-16(11-26-23(30)35-24(2,3)4)15-34-20-8-7-17(12-25-20)36(31,32)28-13-18-19(14-28)21(18)22(29)27(5)9-10-33-6/h7-8,12,18-19,21H,1,9-11,13-15H2,2-6H3,(H,26,30)/t18-,19+,21+. The molecule has 1 aromatic heterocycles. The third kappa shape index (κ3) is 6.95. The Hall–Kier alpha value is -2.70. The summed E-state index contributed by atoms with van der Waals surface area (Å²) >= 11 is 0. The molecule has 2 fully saturated rings. The first-order valence-electron chi connectivity index (χ1n) is 11.8. The molecule has 0 spiro atoms. The molecule has 0 unspecified atom stereocenters. The van der Waals surface area contributed by atoms with Crippen LogP contribution in [0.4, 0.5) is 4.79 Å². The van der Waals surface area contributed by atoms with E-state index in [1.807, 2.05) is 0 Å². The molecule has 0 radical (unpaired) electrons. The van der Waals surface area contributed by atoms with Gasteiger partial charge < -0.3 is 24.4 Å². The van der Waals surface area contributed by atoms with Crippen molar-refractivity contribution in [2.75, 3.05) is 53.6 Å². The monoisotopic (exact) mass is 524 g/mol. The number of ether oxygens (including phenoxy) is 3. The van der Waals surface area contributed by atoms with E-state index in [4.69, 9.17) is 14.2 Å². The SMILES string of the molecule is C=C(CNC(=O)OC(C)(C)C)COc1ccc(S(=O)(=O)N2C[C@@H]3[C@H](C2)[C@H]3C(=O)N(C)CCOC)cn1. The van der Waals surface area contributed by atoms with E-state index >= 15 is 0 Å². The predicted molar refractivity (Wildman–Crippen MR) is 132 cm³/mol. The van der Waals surface area contributed by atoms with Crippen LogP contribution in [-0.2, 0) is 24.3 Å². The van der Waals surface area contributed by atoms with Gasteiger partial charge in [-0.15, -0.1) is 0 Å². The minimum absolute atomic E-state index is 0.0464. The number of hydrogen-bond donors (Lipinski definition) is 1. The van der Waals surface area contributed by atoms with Crippen molar-refractivity contribution in [3.8, 4) is 5.88 Å². The normalized spacial score (nSPS) is 21.4. The number of methoxy groups -OCH3 is 1. The average Bonchev–Trinajstić information content (AvgIpc) is 3.30. The summed E-state index contributed by atoms with van der Waals surface area (Å²) in [6, 6.07) is 2.93. The molecule has 1 aromatic rings. The number of piperidine rings is 1. The molecule has 0 aromatic carbocycles. The van der Waals surface area contributed by atoms with Gasteiger partial charge in [-0.3, -0.25) is 4.79 Å². The van der Waals surface area contributed by atoms with E-state index in [-0.39, 0.29) is 47.6 Å². The number of fused-ring (bicyclic) bond motifs is 1. The van der Waals surface area contributed by atoms with Crippen LogP contribution in [0.3, 0.4) is 0 Å². The average molecular weight is 525 g/mol. The molecule has 12 heteroatoms. The fourth-order valence-corrected chi connectivity index (χ4v) is 5.60. The van der Waals surface area contributed by atoms with Gasteiger partial charge >= 0.3 is 6.09 Å². The summed E-state index contributed by atoms with van der Waals surface area (Å²) in [7, 11) is -0.385. The molecule has 1 aliphatic carbocycles. The van der Waals surface area contributed by atoms with Crippen molar-refractivity contribution in [3.63, 3.8) is 0 Å². The number of amides is 2. The molecule has 2 aliphatic rings. The van der Waals surface area contributed by atoms with Gasteiger partial charge in [-0.2, -0.15) is 4.31 Å². The molecule has 3 rings (SSSR count). The summed E-state index contributed by atoms with van der Waals surface area (Å²) < 4.78 is 43.2. The Morgan fingerprint density at radius 2 is 1.92 bits per heavy atom. The summed E-state index contributed by atoms with van der Waals surface area (Å²) in [5.74, 6) is 0.262. The van der Waals surface area contributed by atoms with E-state index < -0.39 is 21.7 Å². The zero-order valence-electron chi connectivity index (χ0n) is 21.5. The number of likely N-dealkylation sites (N-methyl/N-ethyl adjacent to an activating group) is 1. The molecule has 3 atom stereocenters. The number of alkyl carbamates (subject to hydrolysis) is 1. The minimum atomic E-state index is -3.71. The Labute approximate surface area is 212 Å². The van der Waals surface area contributed by atoms with Gasteiger partial charge in [-0.05, 0) is 44.2 Å². The number of carbonyl (C=O) groups is 2. The zero-order chi connectivity index (χ0) is 26.7. The van der Waals surface area contributed by atoms with Crippen molar-refractivity contribution < 1.29 is 32.2 Å². The number of aromatic nitrogens is 1. The van der Waals surface area contributed by atoms with Crippen molar-refractivity contribution in [1.82, 2.24) is 19.5 Å². The van der Waals surface area contributed by atoms with Gasteiger partial charge in [0.1, 0.15) is 17.1 Å². The molecular weight excluding hydrogens is 488 g/mol. The fourth-order valence-electron chi connectivity index (χ4n) is 4.14. The van der Waals surface area contributed by atoms with Crippen LogP contribution in [0.1, 0.15) is 20.8 Å². The first kappa shape index (κ1) is 27.9. The highest BCUT2D eigenvalue weighted by Gasteiger charge is 2.61. The summed E-state index contributed by atoms with van der Waals surface area (Å²) in [5, 5.41) is 2.59. The lowest BCUT2D eigenvalue weighted by molar-refractivity contribution is -0.132. The van der Waals surface area contributed by atoms with Crippen LogP contribution in [0.25, 0.3) is 0 Å². The van der Waals surface area contributed by atoms with Crippen molar-refractivity contribution in [2.24, 2.45) is 17.8 Å². The summed E-state index contributed by atoms with van der Waals surface area (Å²) in [4.78, 5) is 30.1. The molecule has 1 aliphatic heterocycles. The van der Waals surface area contributed by atoms with E-state index in [9.17, 15) is 18.0 Å². The predicted octanol–water partition coefficient (Wildman–Crippen LogP) is 1.51. The molecule has 200 valence electrons. The lowest BCUT2D eigenvalue weighted by atomic mass is 10.2. The molecule has 1 saturated carbocycles. The van der Waals surface area contributed by atoms with Crippen molar-refractivity contribution in [2.45, 2.75) is 31.3 Å². The van der Waals surface area contributed by atoms with Crippen LogP contribution in [0, 0.1) is 17.8 Å². The number of nitrogens with one attached hydrogen (secondary N) is 1. The van der Waals surface area contributed by atoms with Crippen LogP contribution in [0.15, 0.2) is 35.4 Å². The first-order valence-corrected chi connectivity index (χ1v) is 13.2. The van der Waals surface area contributed by atoms with Crippen LogP contribution in [0.2, 0.25) is 0 Å². The molecule has 0 bridgehead atoms. The number of hydrogen-bond acceptors (Lipinski definition) is 8. The molecule has 1 saturated heterocycles. The van der Waals surface area contributed by atoms with E-state index in [2.05, 4.69) is 16.9 Å². The topological polar surface area (TPSA) is 127 Å².